The molecule has 7 heteroatoms. The first kappa shape index (κ1) is 19.2. The maximum Gasteiger partial charge on any atom is 0.223 e. The van der Waals surface area contributed by atoms with E-state index in [2.05, 4.69) is 20.4 Å². The molecule has 152 valence electrons. The molecule has 2 aliphatic rings. The lowest BCUT2D eigenvalue weighted by Gasteiger charge is -2.17. The molecule has 2 aliphatic carbocycles. The molecule has 7 nitrogen and oxygen atoms in total. The van der Waals surface area contributed by atoms with Crippen molar-refractivity contribution in [2.45, 2.75) is 89.5 Å². The average molecular weight is 386 g/mol. The molecule has 0 aromatic carbocycles. The number of fused-ring (bicyclic) bond motifs is 1. The SMILES string of the molecule is CN(Cc1n[nH]c2c1CCCCC2)C(=O)CCc1nnc(C2CCCCC2)o1. The third-order valence-corrected chi connectivity index (χ3v) is 6.19. The minimum atomic E-state index is 0.0859. The number of aromatic amines is 1. The van der Waals surface area contributed by atoms with Gasteiger partial charge in [0.2, 0.25) is 17.7 Å². The van der Waals surface area contributed by atoms with Gasteiger partial charge in [0.1, 0.15) is 0 Å². The Morgan fingerprint density at radius 2 is 1.89 bits per heavy atom. The topological polar surface area (TPSA) is 87.9 Å². The third kappa shape index (κ3) is 4.45. The van der Waals surface area contributed by atoms with Gasteiger partial charge in [-0.05, 0) is 44.1 Å². The minimum Gasteiger partial charge on any atom is -0.425 e. The van der Waals surface area contributed by atoms with Gasteiger partial charge in [-0.15, -0.1) is 10.2 Å². The number of amides is 1. The largest absolute Gasteiger partial charge is 0.425 e. The summed E-state index contributed by atoms with van der Waals surface area (Å²) in [5.41, 5.74) is 3.60. The zero-order chi connectivity index (χ0) is 19.3. The van der Waals surface area contributed by atoms with E-state index >= 15 is 0 Å². The van der Waals surface area contributed by atoms with Crippen molar-refractivity contribution >= 4 is 5.91 Å². The number of nitrogens with zero attached hydrogens (tertiary/aromatic N) is 4. The van der Waals surface area contributed by atoms with Crippen LogP contribution in [0.4, 0.5) is 0 Å². The summed E-state index contributed by atoms with van der Waals surface area (Å²) in [6.07, 6.45) is 12.8. The summed E-state index contributed by atoms with van der Waals surface area (Å²) >= 11 is 0. The Kier molecular flexibility index (Phi) is 6.07. The molecule has 1 amide bonds. The third-order valence-electron chi connectivity index (χ3n) is 6.19. The van der Waals surface area contributed by atoms with Gasteiger partial charge in [-0.25, -0.2) is 0 Å². The highest BCUT2D eigenvalue weighted by Gasteiger charge is 2.22. The van der Waals surface area contributed by atoms with Crippen LogP contribution >= 0.6 is 0 Å². The molecular formula is C21H31N5O2. The Labute approximate surface area is 166 Å². The van der Waals surface area contributed by atoms with Gasteiger partial charge in [0.05, 0.1) is 12.2 Å². The van der Waals surface area contributed by atoms with Crippen molar-refractivity contribution in [1.29, 1.82) is 0 Å². The Morgan fingerprint density at radius 1 is 1.11 bits per heavy atom. The molecule has 2 aromatic rings. The van der Waals surface area contributed by atoms with Crippen LogP contribution in [0.2, 0.25) is 0 Å². The molecule has 0 saturated heterocycles. The van der Waals surface area contributed by atoms with Crippen LogP contribution in [-0.2, 0) is 30.6 Å². The van der Waals surface area contributed by atoms with Crippen molar-refractivity contribution in [1.82, 2.24) is 25.3 Å². The monoisotopic (exact) mass is 385 g/mol. The van der Waals surface area contributed by atoms with Gasteiger partial charge >= 0.3 is 0 Å². The second-order valence-corrected chi connectivity index (χ2v) is 8.31. The molecule has 28 heavy (non-hydrogen) atoms. The van der Waals surface area contributed by atoms with Gasteiger partial charge in [-0.3, -0.25) is 9.89 Å². The van der Waals surface area contributed by atoms with Crippen LogP contribution in [0.15, 0.2) is 4.42 Å². The summed E-state index contributed by atoms with van der Waals surface area (Å²) in [4.78, 5) is 14.3. The molecule has 0 atom stereocenters. The van der Waals surface area contributed by atoms with Crippen LogP contribution < -0.4 is 0 Å². The van der Waals surface area contributed by atoms with Crippen molar-refractivity contribution in [3.63, 3.8) is 0 Å². The lowest BCUT2D eigenvalue weighted by atomic mass is 9.89. The molecule has 0 bridgehead atoms. The summed E-state index contributed by atoms with van der Waals surface area (Å²) in [5, 5.41) is 16.0. The zero-order valence-corrected chi connectivity index (χ0v) is 16.9. The predicted octanol–water partition coefficient (Wildman–Crippen LogP) is 3.70. The summed E-state index contributed by atoms with van der Waals surface area (Å²) in [6, 6.07) is 0. The molecule has 0 unspecified atom stereocenters. The van der Waals surface area contributed by atoms with E-state index in [-0.39, 0.29) is 5.91 Å². The number of hydrogen-bond donors (Lipinski definition) is 1. The molecule has 0 aliphatic heterocycles. The number of aryl methyl sites for hydroxylation is 2. The van der Waals surface area contributed by atoms with Gasteiger partial charge in [-0.2, -0.15) is 5.10 Å². The highest BCUT2D eigenvalue weighted by molar-refractivity contribution is 5.76. The maximum atomic E-state index is 12.6. The normalized spacial score (nSPS) is 17.9. The van der Waals surface area contributed by atoms with Crippen LogP contribution in [0, 0.1) is 0 Å². The minimum absolute atomic E-state index is 0.0859. The quantitative estimate of drug-likeness (QED) is 0.766. The first-order valence-corrected chi connectivity index (χ1v) is 10.8. The van der Waals surface area contributed by atoms with E-state index in [0.29, 0.717) is 31.2 Å². The van der Waals surface area contributed by atoms with Gasteiger partial charge in [0, 0.05) is 31.5 Å². The summed E-state index contributed by atoms with van der Waals surface area (Å²) < 4.78 is 5.84. The Bertz CT molecular complexity index is 791. The molecule has 0 radical (unpaired) electrons. The predicted molar refractivity (Wildman–Crippen MR) is 105 cm³/mol. The molecule has 0 spiro atoms. The Balaban J connectivity index is 1.29. The van der Waals surface area contributed by atoms with Gasteiger partial charge in [0.15, 0.2) is 0 Å². The van der Waals surface area contributed by atoms with Gasteiger partial charge in [-0.1, -0.05) is 25.7 Å². The van der Waals surface area contributed by atoms with Crippen molar-refractivity contribution in [2.24, 2.45) is 0 Å². The van der Waals surface area contributed by atoms with Crippen molar-refractivity contribution in [2.75, 3.05) is 7.05 Å². The molecule has 2 heterocycles. The molecule has 2 aromatic heterocycles. The first-order chi connectivity index (χ1) is 13.7. The van der Waals surface area contributed by atoms with E-state index in [0.717, 1.165) is 37.3 Å². The summed E-state index contributed by atoms with van der Waals surface area (Å²) in [7, 11) is 1.85. The fourth-order valence-corrected chi connectivity index (χ4v) is 4.46. The van der Waals surface area contributed by atoms with Crippen LogP contribution in [0.5, 0.6) is 0 Å². The molecule has 4 rings (SSSR count). The van der Waals surface area contributed by atoms with E-state index in [9.17, 15) is 4.79 Å². The fraction of sp³-hybridized carbons (Fsp3) is 0.714. The Hall–Kier alpha value is -2.18. The Morgan fingerprint density at radius 3 is 2.75 bits per heavy atom. The summed E-state index contributed by atoms with van der Waals surface area (Å²) in [5.74, 6) is 1.83. The highest BCUT2D eigenvalue weighted by Crippen LogP contribution is 2.31. The van der Waals surface area contributed by atoms with Crippen LogP contribution in [-0.4, -0.2) is 38.2 Å². The average Bonchev–Trinajstić information content (AvgIpc) is 3.27. The first-order valence-electron chi connectivity index (χ1n) is 10.8. The van der Waals surface area contributed by atoms with E-state index in [1.54, 1.807) is 4.90 Å². The number of hydrogen-bond acceptors (Lipinski definition) is 5. The number of nitrogens with one attached hydrogen (secondary N) is 1. The molecule has 1 N–H and O–H groups in total. The van der Waals surface area contributed by atoms with Crippen LogP contribution in [0.1, 0.15) is 92.4 Å². The number of carbonyl (C=O) groups is 1. The van der Waals surface area contributed by atoms with Crippen molar-refractivity contribution in [3.8, 4) is 0 Å². The van der Waals surface area contributed by atoms with E-state index < -0.39 is 0 Å². The smallest absolute Gasteiger partial charge is 0.223 e. The van der Waals surface area contributed by atoms with Gasteiger partial charge < -0.3 is 9.32 Å². The van der Waals surface area contributed by atoms with Crippen molar-refractivity contribution in [3.05, 3.63) is 28.7 Å². The maximum absolute atomic E-state index is 12.6. The number of aromatic nitrogens is 4. The lowest BCUT2D eigenvalue weighted by Crippen LogP contribution is -2.27. The lowest BCUT2D eigenvalue weighted by molar-refractivity contribution is -0.130. The molecule has 1 fully saturated rings. The van der Waals surface area contributed by atoms with E-state index in [1.165, 1.54) is 49.8 Å². The molecule has 1 saturated carbocycles. The summed E-state index contributed by atoms with van der Waals surface area (Å²) in [6.45, 7) is 0.557. The van der Waals surface area contributed by atoms with Crippen LogP contribution in [0.3, 0.4) is 0 Å². The standard InChI is InChI=1S/C21H31N5O2/c1-26(14-18-16-10-6-3-7-11-17(16)22-23-18)20(27)13-12-19-24-25-21(28-19)15-8-4-2-5-9-15/h15H,2-14H2,1H3,(H,22,23). The highest BCUT2D eigenvalue weighted by atomic mass is 16.4. The van der Waals surface area contributed by atoms with Gasteiger partial charge in [0.25, 0.3) is 0 Å². The number of carbonyl (C=O) groups excluding carboxylic acids is 1. The van der Waals surface area contributed by atoms with Crippen molar-refractivity contribution < 1.29 is 9.21 Å². The second-order valence-electron chi connectivity index (χ2n) is 8.31. The zero-order valence-electron chi connectivity index (χ0n) is 16.9. The van der Waals surface area contributed by atoms with E-state index in [1.807, 2.05) is 7.05 Å². The number of rotatable bonds is 6. The second kappa shape index (κ2) is 8.88. The van der Waals surface area contributed by atoms with E-state index in [4.69, 9.17) is 4.42 Å². The van der Waals surface area contributed by atoms with Crippen LogP contribution in [0.25, 0.3) is 0 Å². The fourth-order valence-electron chi connectivity index (χ4n) is 4.46. The number of H-pyrrole nitrogens is 1. The molecular weight excluding hydrogens is 354 g/mol.